The summed E-state index contributed by atoms with van der Waals surface area (Å²) in [7, 11) is 0. The van der Waals surface area contributed by atoms with Crippen molar-refractivity contribution in [2.45, 2.75) is 37.5 Å². The van der Waals surface area contributed by atoms with E-state index in [4.69, 9.17) is 28.6 Å². The summed E-state index contributed by atoms with van der Waals surface area (Å²) >= 11 is 11.7. The first-order valence-electron chi connectivity index (χ1n) is 10.7. The van der Waals surface area contributed by atoms with E-state index in [0.29, 0.717) is 5.11 Å². The fourth-order valence-electron chi connectivity index (χ4n) is 4.46. The van der Waals surface area contributed by atoms with Crippen LogP contribution in [0.4, 0.5) is 11.5 Å². The number of nitrogens with zero attached hydrogens (tertiary/aromatic N) is 2. The van der Waals surface area contributed by atoms with Crippen LogP contribution >= 0.6 is 23.8 Å². The molecule has 0 amide bonds. The second kappa shape index (κ2) is 9.94. The van der Waals surface area contributed by atoms with E-state index >= 15 is 0 Å². The monoisotopic (exact) mass is 444 g/mol. The van der Waals surface area contributed by atoms with Gasteiger partial charge in [-0.25, -0.2) is 4.98 Å². The third kappa shape index (κ3) is 5.23. The summed E-state index contributed by atoms with van der Waals surface area (Å²) in [4.78, 5) is 6.82. The molecule has 1 aromatic heterocycles. The van der Waals surface area contributed by atoms with Gasteiger partial charge in [-0.05, 0) is 54.9 Å². The molecular weight excluding hydrogens is 416 g/mol. The Morgan fingerprint density at radius 3 is 2.47 bits per heavy atom. The molecule has 1 saturated carbocycles. The van der Waals surface area contributed by atoms with Gasteiger partial charge in [-0.2, -0.15) is 0 Å². The van der Waals surface area contributed by atoms with Gasteiger partial charge in [0.15, 0.2) is 5.11 Å². The van der Waals surface area contributed by atoms with Crippen LogP contribution in [0.5, 0.6) is 0 Å². The highest BCUT2D eigenvalue weighted by atomic mass is 35.5. The molecule has 2 aliphatic rings. The number of benzene rings is 1. The van der Waals surface area contributed by atoms with E-state index in [1.54, 1.807) is 0 Å². The molecule has 2 aromatic rings. The van der Waals surface area contributed by atoms with Crippen LogP contribution in [0.25, 0.3) is 0 Å². The van der Waals surface area contributed by atoms with Crippen LogP contribution in [0.2, 0.25) is 5.02 Å². The Morgan fingerprint density at radius 2 is 1.80 bits per heavy atom. The quantitative estimate of drug-likeness (QED) is 0.648. The molecule has 0 bridgehead atoms. The Bertz CT molecular complexity index is 831. The summed E-state index contributed by atoms with van der Waals surface area (Å²) in [5.41, 5.74) is 2.35. The van der Waals surface area contributed by atoms with E-state index in [1.165, 1.54) is 37.7 Å². The van der Waals surface area contributed by atoms with Crippen molar-refractivity contribution in [3.8, 4) is 0 Å². The number of halogens is 1. The van der Waals surface area contributed by atoms with Gasteiger partial charge in [-0.3, -0.25) is 0 Å². The molecule has 2 N–H and O–H groups in total. The van der Waals surface area contributed by atoms with E-state index in [0.717, 1.165) is 49.4 Å². The molecule has 5 nitrogen and oxygen atoms in total. The largest absolute Gasteiger partial charge is 0.378 e. The van der Waals surface area contributed by atoms with E-state index in [1.807, 2.05) is 30.5 Å². The zero-order valence-electron chi connectivity index (χ0n) is 17.2. The van der Waals surface area contributed by atoms with Crippen molar-refractivity contribution in [2.75, 3.05) is 43.1 Å². The van der Waals surface area contributed by atoms with Crippen molar-refractivity contribution in [3.63, 3.8) is 0 Å². The maximum atomic E-state index is 6.11. The van der Waals surface area contributed by atoms with Gasteiger partial charge in [0.1, 0.15) is 5.82 Å². The predicted octanol–water partition coefficient (Wildman–Crippen LogP) is 4.76. The lowest BCUT2D eigenvalue weighted by atomic mass is 9.69. The Kier molecular flexibility index (Phi) is 7.08. The average Bonchev–Trinajstić information content (AvgIpc) is 2.80. The molecule has 1 saturated heterocycles. The Morgan fingerprint density at radius 1 is 1.07 bits per heavy atom. The molecule has 2 fully saturated rings. The van der Waals surface area contributed by atoms with E-state index in [2.05, 4.69) is 32.7 Å². The topological polar surface area (TPSA) is 49.4 Å². The highest BCUT2D eigenvalue weighted by molar-refractivity contribution is 7.80. The van der Waals surface area contributed by atoms with Gasteiger partial charge in [-0.1, -0.05) is 43.0 Å². The highest BCUT2D eigenvalue weighted by Gasteiger charge is 2.33. The van der Waals surface area contributed by atoms with Gasteiger partial charge in [0, 0.05) is 30.1 Å². The Hall–Kier alpha value is -1.89. The second-order valence-electron chi connectivity index (χ2n) is 8.16. The van der Waals surface area contributed by atoms with Crippen LogP contribution in [-0.2, 0) is 10.2 Å². The van der Waals surface area contributed by atoms with Crippen LogP contribution in [0.15, 0.2) is 42.6 Å². The molecule has 1 aliphatic heterocycles. The van der Waals surface area contributed by atoms with Crippen LogP contribution in [0, 0.1) is 0 Å². The van der Waals surface area contributed by atoms with Gasteiger partial charge in [0.05, 0.1) is 25.1 Å². The number of ether oxygens (including phenoxy) is 1. The molecule has 0 spiro atoms. The summed E-state index contributed by atoms with van der Waals surface area (Å²) in [6.45, 7) is 4.09. The number of aromatic nitrogens is 1. The molecule has 0 radical (unpaired) electrons. The number of thiocarbonyl (C=S) groups is 1. The minimum Gasteiger partial charge on any atom is -0.378 e. The third-order valence-corrected chi connectivity index (χ3v) is 6.69. The number of pyridine rings is 1. The standard InChI is InChI=1S/C23H29ClN4OS/c24-19-6-4-18(5-7-19)23(10-2-1-3-11-23)17-26-22(30)27-20-8-9-21(25-16-20)28-12-14-29-15-13-28/h4-9,16H,1-3,10-15,17H2,(H2,26,27,30). The van der Waals surface area contributed by atoms with Gasteiger partial charge in [-0.15, -0.1) is 0 Å². The Labute approximate surface area is 189 Å². The summed E-state index contributed by atoms with van der Waals surface area (Å²) in [5.74, 6) is 0.978. The number of rotatable bonds is 5. The van der Waals surface area contributed by atoms with Gasteiger partial charge < -0.3 is 20.3 Å². The summed E-state index contributed by atoms with van der Waals surface area (Å²) in [6.07, 6.45) is 7.97. The Balaban J connectivity index is 1.36. The molecule has 0 atom stereocenters. The van der Waals surface area contributed by atoms with Crippen LogP contribution in [-0.4, -0.2) is 42.9 Å². The summed E-state index contributed by atoms with van der Waals surface area (Å²) in [6, 6.07) is 12.4. The van der Waals surface area contributed by atoms with Crippen molar-refractivity contribution in [3.05, 3.63) is 53.2 Å². The van der Waals surface area contributed by atoms with Gasteiger partial charge in [0.25, 0.3) is 0 Å². The normalized spacial score (nSPS) is 18.6. The molecule has 7 heteroatoms. The fourth-order valence-corrected chi connectivity index (χ4v) is 4.78. The predicted molar refractivity (Wildman–Crippen MR) is 128 cm³/mol. The number of anilines is 2. The van der Waals surface area contributed by atoms with Crippen molar-refractivity contribution in [1.29, 1.82) is 0 Å². The number of hydrogen-bond donors (Lipinski definition) is 2. The van der Waals surface area contributed by atoms with Crippen LogP contribution in [0.1, 0.15) is 37.7 Å². The van der Waals surface area contributed by atoms with Crippen molar-refractivity contribution < 1.29 is 4.74 Å². The maximum absolute atomic E-state index is 6.11. The van der Waals surface area contributed by atoms with Crippen LogP contribution in [0.3, 0.4) is 0 Å². The molecule has 1 aliphatic carbocycles. The fraction of sp³-hybridized carbons (Fsp3) is 0.478. The van der Waals surface area contributed by atoms with Gasteiger partial charge in [0.2, 0.25) is 0 Å². The first-order chi connectivity index (χ1) is 14.6. The average molecular weight is 445 g/mol. The highest BCUT2D eigenvalue weighted by Crippen LogP contribution is 2.39. The number of hydrogen-bond acceptors (Lipinski definition) is 4. The smallest absolute Gasteiger partial charge is 0.170 e. The van der Waals surface area contributed by atoms with E-state index < -0.39 is 0 Å². The minimum absolute atomic E-state index is 0.104. The van der Waals surface area contributed by atoms with Crippen molar-refractivity contribution >= 4 is 40.4 Å². The summed E-state index contributed by atoms with van der Waals surface area (Å²) < 4.78 is 5.41. The van der Waals surface area contributed by atoms with Crippen molar-refractivity contribution in [2.24, 2.45) is 0 Å². The number of morpholine rings is 1. The van der Waals surface area contributed by atoms with Crippen LogP contribution < -0.4 is 15.5 Å². The molecule has 160 valence electrons. The van der Waals surface area contributed by atoms with E-state index in [-0.39, 0.29) is 5.41 Å². The zero-order chi connectivity index (χ0) is 20.8. The number of nitrogens with one attached hydrogen (secondary N) is 2. The lowest BCUT2D eigenvalue weighted by molar-refractivity contribution is 0.122. The lowest BCUT2D eigenvalue weighted by Gasteiger charge is -2.38. The summed E-state index contributed by atoms with van der Waals surface area (Å²) in [5, 5.41) is 8.16. The molecule has 30 heavy (non-hydrogen) atoms. The molecule has 2 heterocycles. The maximum Gasteiger partial charge on any atom is 0.170 e. The first kappa shape index (κ1) is 21.3. The minimum atomic E-state index is 0.104. The molecule has 4 rings (SSSR count). The second-order valence-corrected chi connectivity index (χ2v) is 9.00. The lowest BCUT2D eigenvalue weighted by Crippen LogP contribution is -2.43. The van der Waals surface area contributed by atoms with Gasteiger partial charge >= 0.3 is 0 Å². The SMILES string of the molecule is S=C(NCC1(c2ccc(Cl)cc2)CCCCC1)Nc1ccc(N2CCOCC2)nc1. The molecule has 1 aromatic carbocycles. The molecule has 0 unspecified atom stereocenters. The molecular formula is C23H29ClN4OS. The first-order valence-corrected chi connectivity index (χ1v) is 11.5. The van der Waals surface area contributed by atoms with Crippen molar-refractivity contribution in [1.82, 2.24) is 10.3 Å². The van der Waals surface area contributed by atoms with E-state index in [9.17, 15) is 0 Å². The third-order valence-electron chi connectivity index (χ3n) is 6.20. The zero-order valence-corrected chi connectivity index (χ0v) is 18.8.